The summed E-state index contributed by atoms with van der Waals surface area (Å²) in [5.41, 5.74) is 0. The molecular weight excluding hydrogens is 160 g/mol. The predicted molar refractivity (Wildman–Crippen MR) is 56.9 cm³/mol. The predicted octanol–water partition coefficient (Wildman–Crippen LogP) is 3.53. The van der Waals surface area contributed by atoms with Crippen molar-refractivity contribution in [2.24, 2.45) is 5.92 Å². The Morgan fingerprint density at radius 1 is 1.50 bits per heavy atom. The molecule has 0 bridgehead atoms. The number of hydrogen-bond acceptors (Lipinski definition) is 0. The van der Waals surface area contributed by atoms with Crippen LogP contribution in [0.15, 0.2) is 23.4 Å². The summed E-state index contributed by atoms with van der Waals surface area (Å²) in [6.07, 6.45) is 10.1. The zero-order chi connectivity index (χ0) is 8.60. The average Bonchev–Trinajstić information content (AvgIpc) is 2.48. The molecule has 2 rings (SSSR count). The van der Waals surface area contributed by atoms with E-state index in [-0.39, 0.29) is 0 Å². The van der Waals surface area contributed by atoms with Crippen molar-refractivity contribution >= 4 is 8.07 Å². The van der Waals surface area contributed by atoms with Crippen LogP contribution in [0.3, 0.4) is 0 Å². The SMILES string of the molecule is CCC1C=CC([Si]2(C)CCC2)=C1. The quantitative estimate of drug-likeness (QED) is 0.567. The molecule has 1 heterocycles. The maximum absolute atomic E-state index is 2.55. The van der Waals surface area contributed by atoms with Crippen LogP contribution in [0.25, 0.3) is 0 Å². The van der Waals surface area contributed by atoms with Gasteiger partial charge in [-0.2, -0.15) is 0 Å². The summed E-state index contributed by atoms with van der Waals surface area (Å²) in [5.74, 6) is 0.768. The van der Waals surface area contributed by atoms with E-state index >= 15 is 0 Å². The van der Waals surface area contributed by atoms with Crippen LogP contribution in [-0.2, 0) is 0 Å². The minimum absolute atomic E-state index is 0.768. The highest BCUT2D eigenvalue weighted by atomic mass is 28.3. The Hall–Kier alpha value is -0.303. The molecule has 0 radical (unpaired) electrons. The standard InChI is InChI=1S/C11H18Si/c1-3-10-5-6-11(9-10)12(2)7-4-8-12/h5-6,9-10H,3-4,7-8H2,1-2H3. The summed E-state index contributed by atoms with van der Waals surface area (Å²) in [5, 5.41) is 1.75. The lowest BCUT2D eigenvalue weighted by molar-refractivity contribution is 0.783. The molecule has 1 saturated heterocycles. The smallest absolute Gasteiger partial charge is 0.0784 e. The topological polar surface area (TPSA) is 0 Å². The maximum Gasteiger partial charge on any atom is 0.0832 e. The van der Waals surface area contributed by atoms with Crippen LogP contribution in [0.4, 0.5) is 0 Å². The van der Waals surface area contributed by atoms with Crippen molar-refractivity contribution in [2.45, 2.75) is 38.4 Å². The Kier molecular flexibility index (Phi) is 1.99. The van der Waals surface area contributed by atoms with Gasteiger partial charge in [0.15, 0.2) is 0 Å². The Morgan fingerprint density at radius 2 is 2.25 bits per heavy atom. The number of allylic oxidation sites excluding steroid dienone is 4. The second kappa shape index (κ2) is 2.88. The first-order chi connectivity index (χ1) is 5.74. The van der Waals surface area contributed by atoms with Gasteiger partial charge < -0.3 is 0 Å². The summed E-state index contributed by atoms with van der Waals surface area (Å²) in [6.45, 7) is 4.82. The molecule has 1 heteroatoms. The van der Waals surface area contributed by atoms with Crippen molar-refractivity contribution < 1.29 is 0 Å². The first-order valence-electron chi connectivity index (χ1n) is 5.15. The molecule has 0 aromatic rings. The molecular formula is C11H18Si. The van der Waals surface area contributed by atoms with Crippen molar-refractivity contribution in [2.75, 3.05) is 0 Å². The van der Waals surface area contributed by atoms with Gasteiger partial charge in [0, 0.05) is 0 Å². The summed E-state index contributed by atoms with van der Waals surface area (Å²) in [6, 6.07) is 3.08. The van der Waals surface area contributed by atoms with E-state index in [0.717, 1.165) is 5.92 Å². The zero-order valence-electron chi connectivity index (χ0n) is 8.14. The molecule has 1 unspecified atom stereocenters. The van der Waals surface area contributed by atoms with Crippen molar-refractivity contribution in [3.63, 3.8) is 0 Å². The van der Waals surface area contributed by atoms with Crippen molar-refractivity contribution in [3.05, 3.63) is 23.4 Å². The fraction of sp³-hybridized carbons (Fsp3) is 0.636. The molecule has 0 aromatic heterocycles. The second-order valence-corrected chi connectivity index (χ2v) is 9.17. The molecule has 0 saturated carbocycles. The minimum Gasteiger partial charge on any atom is -0.0784 e. The third-order valence-corrected chi connectivity index (χ3v) is 8.18. The number of rotatable bonds is 2. The van der Waals surface area contributed by atoms with Gasteiger partial charge in [0.1, 0.15) is 0 Å². The lowest BCUT2D eigenvalue weighted by atomic mass is 10.1. The van der Waals surface area contributed by atoms with E-state index < -0.39 is 8.07 Å². The van der Waals surface area contributed by atoms with E-state index in [1.807, 2.05) is 0 Å². The lowest BCUT2D eigenvalue weighted by Gasteiger charge is -2.37. The van der Waals surface area contributed by atoms with Crippen LogP contribution in [0, 0.1) is 5.92 Å². The third kappa shape index (κ3) is 1.20. The molecule has 66 valence electrons. The lowest BCUT2D eigenvalue weighted by Crippen LogP contribution is -2.39. The van der Waals surface area contributed by atoms with E-state index in [1.54, 1.807) is 17.3 Å². The van der Waals surface area contributed by atoms with Crippen molar-refractivity contribution in [3.8, 4) is 0 Å². The Morgan fingerprint density at radius 3 is 2.67 bits per heavy atom. The molecule has 0 spiro atoms. The van der Waals surface area contributed by atoms with E-state index in [4.69, 9.17) is 0 Å². The van der Waals surface area contributed by atoms with Crippen LogP contribution in [0.1, 0.15) is 19.8 Å². The highest BCUT2D eigenvalue weighted by Gasteiger charge is 2.37. The minimum atomic E-state index is -0.847. The van der Waals surface area contributed by atoms with Crippen LogP contribution in [0.2, 0.25) is 18.6 Å². The van der Waals surface area contributed by atoms with Gasteiger partial charge >= 0.3 is 0 Å². The molecule has 1 aliphatic heterocycles. The normalized spacial score (nSPS) is 31.5. The van der Waals surface area contributed by atoms with Crippen LogP contribution in [0.5, 0.6) is 0 Å². The number of hydrogen-bond donors (Lipinski definition) is 0. The molecule has 0 nitrogen and oxygen atoms in total. The molecule has 12 heavy (non-hydrogen) atoms. The van der Waals surface area contributed by atoms with Gasteiger partial charge in [0.25, 0.3) is 0 Å². The van der Waals surface area contributed by atoms with E-state index in [2.05, 4.69) is 31.7 Å². The molecule has 0 aromatic carbocycles. The molecule has 1 fully saturated rings. The van der Waals surface area contributed by atoms with E-state index in [0.29, 0.717) is 0 Å². The molecule has 0 amide bonds. The summed E-state index contributed by atoms with van der Waals surface area (Å²) < 4.78 is 0. The summed E-state index contributed by atoms with van der Waals surface area (Å²) >= 11 is 0. The summed E-state index contributed by atoms with van der Waals surface area (Å²) in [4.78, 5) is 0. The van der Waals surface area contributed by atoms with Crippen molar-refractivity contribution in [1.29, 1.82) is 0 Å². The Balaban J connectivity index is 2.11. The van der Waals surface area contributed by atoms with E-state index in [1.165, 1.54) is 12.8 Å². The largest absolute Gasteiger partial charge is 0.0832 e. The first-order valence-corrected chi connectivity index (χ1v) is 8.06. The fourth-order valence-electron chi connectivity index (χ4n) is 2.22. The van der Waals surface area contributed by atoms with Gasteiger partial charge in [0.05, 0.1) is 8.07 Å². The van der Waals surface area contributed by atoms with Crippen LogP contribution >= 0.6 is 0 Å². The third-order valence-electron chi connectivity index (χ3n) is 3.54. The Bertz CT molecular complexity index is 233. The highest BCUT2D eigenvalue weighted by Crippen LogP contribution is 2.41. The van der Waals surface area contributed by atoms with Gasteiger partial charge in [-0.1, -0.05) is 55.4 Å². The monoisotopic (exact) mass is 178 g/mol. The molecule has 2 aliphatic rings. The van der Waals surface area contributed by atoms with E-state index in [9.17, 15) is 0 Å². The van der Waals surface area contributed by atoms with Gasteiger partial charge in [0.2, 0.25) is 0 Å². The first kappa shape index (κ1) is 8.30. The summed E-state index contributed by atoms with van der Waals surface area (Å²) in [7, 11) is -0.847. The van der Waals surface area contributed by atoms with Crippen LogP contribution < -0.4 is 0 Å². The molecule has 1 atom stereocenters. The molecule has 1 aliphatic carbocycles. The Labute approximate surface area is 76.4 Å². The molecule has 0 N–H and O–H groups in total. The van der Waals surface area contributed by atoms with Gasteiger partial charge in [-0.25, -0.2) is 0 Å². The van der Waals surface area contributed by atoms with Crippen molar-refractivity contribution in [1.82, 2.24) is 0 Å². The van der Waals surface area contributed by atoms with Gasteiger partial charge in [-0.05, 0) is 12.3 Å². The average molecular weight is 178 g/mol. The second-order valence-electron chi connectivity index (χ2n) is 4.47. The highest BCUT2D eigenvalue weighted by molar-refractivity contribution is 6.88. The van der Waals surface area contributed by atoms with Gasteiger partial charge in [-0.3, -0.25) is 0 Å². The van der Waals surface area contributed by atoms with Gasteiger partial charge in [-0.15, -0.1) is 0 Å². The zero-order valence-corrected chi connectivity index (χ0v) is 9.14. The fourth-order valence-corrected chi connectivity index (χ4v) is 5.33. The van der Waals surface area contributed by atoms with Crippen LogP contribution in [-0.4, -0.2) is 8.07 Å². The maximum atomic E-state index is 2.55.